The number of benzene rings is 1. The van der Waals surface area contributed by atoms with Gasteiger partial charge in [-0.2, -0.15) is 0 Å². The molecule has 8 heteroatoms. The van der Waals surface area contributed by atoms with E-state index in [4.69, 9.17) is 9.47 Å². The van der Waals surface area contributed by atoms with Crippen LogP contribution < -0.4 is 5.32 Å². The Labute approximate surface area is 189 Å². The summed E-state index contributed by atoms with van der Waals surface area (Å²) < 4.78 is 11.1. The predicted octanol–water partition coefficient (Wildman–Crippen LogP) is 3.16. The van der Waals surface area contributed by atoms with Crippen molar-refractivity contribution in [3.05, 3.63) is 35.9 Å². The largest absolute Gasteiger partial charge is 0.445 e. The molecule has 0 radical (unpaired) electrons. The number of piperidine rings is 1. The van der Waals surface area contributed by atoms with E-state index in [-0.39, 0.29) is 30.1 Å². The van der Waals surface area contributed by atoms with Gasteiger partial charge in [-0.3, -0.25) is 4.79 Å². The highest BCUT2D eigenvalue weighted by Crippen LogP contribution is 2.56. The van der Waals surface area contributed by atoms with Crippen LogP contribution in [-0.4, -0.2) is 66.2 Å². The summed E-state index contributed by atoms with van der Waals surface area (Å²) in [4.78, 5) is 41.9. The molecule has 3 heterocycles. The number of hydrogen-bond acceptors (Lipinski definition) is 5. The quantitative estimate of drug-likeness (QED) is 0.759. The van der Waals surface area contributed by atoms with E-state index in [1.807, 2.05) is 51.1 Å². The third-order valence-corrected chi connectivity index (χ3v) is 7.08. The van der Waals surface area contributed by atoms with E-state index in [2.05, 4.69) is 5.32 Å². The molecule has 0 aromatic heterocycles. The number of amides is 3. The van der Waals surface area contributed by atoms with Crippen LogP contribution in [0, 0.1) is 10.8 Å². The Hall–Kier alpha value is -2.77. The summed E-state index contributed by atoms with van der Waals surface area (Å²) >= 11 is 0. The van der Waals surface area contributed by atoms with Gasteiger partial charge in [0.1, 0.15) is 12.2 Å². The number of carbonyl (C=O) groups excluding carboxylic acids is 3. The summed E-state index contributed by atoms with van der Waals surface area (Å²) in [6.07, 6.45) is 1.29. The molecule has 1 N–H and O–H groups in total. The maximum atomic E-state index is 13.0. The summed E-state index contributed by atoms with van der Waals surface area (Å²) in [7, 11) is 0. The van der Waals surface area contributed by atoms with Gasteiger partial charge in [-0.25, -0.2) is 9.59 Å². The van der Waals surface area contributed by atoms with Crippen LogP contribution in [0.2, 0.25) is 0 Å². The van der Waals surface area contributed by atoms with Crippen molar-refractivity contribution in [1.82, 2.24) is 15.1 Å². The average Bonchev–Trinajstić information content (AvgIpc) is 3.28. The third-order valence-electron chi connectivity index (χ3n) is 7.08. The molecule has 1 aromatic rings. The van der Waals surface area contributed by atoms with Crippen LogP contribution >= 0.6 is 0 Å². The van der Waals surface area contributed by atoms with E-state index in [0.717, 1.165) is 5.56 Å². The second-order valence-electron chi connectivity index (χ2n) is 10.2. The molecule has 0 unspecified atom stereocenters. The first-order valence-corrected chi connectivity index (χ1v) is 11.4. The molecular formula is C24H33N3O5. The van der Waals surface area contributed by atoms with Gasteiger partial charge in [0.15, 0.2) is 0 Å². The molecule has 1 atom stereocenters. The highest BCUT2D eigenvalue weighted by Gasteiger charge is 2.64. The van der Waals surface area contributed by atoms with Crippen molar-refractivity contribution in [1.29, 1.82) is 0 Å². The zero-order valence-corrected chi connectivity index (χ0v) is 19.2. The molecule has 0 saturated carbocycles. The highest BCUT2D eigenvalue weighted by atomic mass is 16.6. The van der Waals surface area contributed by atoms with E-state index in [9.17, 15) is 14.4 Å². The fourth-order valence-corrected chi connectivity index (χ4v) is 5.42. The number of likely N-dealkylation sites (tertiary alicyclic amines) is 2. The Morgan fingerprint density at radius 3 is 2.28 bits per heavy atom. The Morgan fingerprint density at radius 1 is 1.00 bits per heavy atom. The normalized spacial score (nSPS) is 24.7. The molecular weight excluding hydrogens is 410 g/mol. The van der Waals surface area contributed by atoms with Gasteiger partial charge >= 0.3 is 12.2 Å². The standard InChI is InChI=1S/C24H33N3O5/c1-22(2,3)32-21(30)26-13-10-23(11-14-26)16-27(17-24(23)9-12-25-19(24)28)20(29)31-15-18-7-5-4-6-8-18/h4-8H,9-17H2,1-3H3,(H,25,28)/t24-/m1/s1. The van der Waals surface area contributed by atoms with Crippen LogP contribution in [0.5, 0.6) is 0 Å². The first-order valence-electron chi connectivity index (χ1n) is 11.4. The van der Waals surface area contributed by atoms with Crippen molar-refractivity contribution >= 4 is 18.1 Å². The second kappa shape index (κ2) is 8.30. The SMILES string of the molecule is CC(C)(C)OC(=O)N1CCC2(CC1)CN(C(=O)OCc1ccccc1)C[C@@]21CCNC1=O. The molecule has 2 spiro atoms. The van der Waals surface area contributed by atoms with Crippen molar-refractivity contribution < 1.29 is 23.9 Å². The van der Waals surface area contributed by atoms with Gasteiger partial charge in [0, 0.05) is 38.1 Å². The molecule has 0 bridgehead atoms. The molecule has 3 saturated heterocycles. The van der Waals surface area contributed by atoms with Crippen molar-refractivity contribution in [3.63, 3.8) is 0 Å². The van der Waals surface area contributed by atoms with Gasteiger partial charge in [-0.15, -0.1) is 0 Å². The van der Waals surface area contributed by atoms with Crippen molar-refractivity contribution in [2.24, 2.45) is 10.8 Å². The predicted molar refractivity (Wildman–Crippen MR) is 118 cm³/mol. The van der Waals surface area contributed by atoms with Crippen LogP contribution in [0.25, 0.3) is 0 Å². The van der Waals surface area contributed by atoms with Crippen LogP contribution in [0.3, 0.4) is 0 Å². The maximum absolute atomic E-state index is 13.0. The zero-order valence-electron chi connectivity index (χ0n) is 19.2. The fraction of sp³-hybridized carbons (Fsp3) is 0.625. The summed E-state index contributed by atoms with van der Waals surface area (Å²) in [6.45, 7) is 8.22. The molecule has 3 fully saturated rings. The summed E-state index contributed by atoms with van der Waals surface area (Å²) in [6, 6.07) is 9.56. The minimum atomic E-state index is -0.626. The van der Waals surface area contributed by atoms with E-state index < -0.39 is 11.0 Å². The lowest BCUT2D eigenvalue weighted by molar-refractivity contribution is -0.134. The fourth-order valence-electron chi connectivity index (χ4n) is 5.42. The van der Waals surface area contributed by atoms with E-state index >= 15 is 0 Å². The molecule has 174 valence electrons. The summed E-state index contributed by atoms with van der Waals surface area (Å²) in [5.74, 6) is 0.0153. The van der Waals surface area contributed by atoms with Crippen LogP contribution in [-0.2, 0) is 20.9 Å². The Bertz CT molecular complexity index is 873. The minimum absolute atomic E-state index is 0.0153. The number of ether oxygens (including phenoxy) is 2. The molecule has 3 aliphatic heterocycles. The molecule has 32 heavy (non-hydrogen) atoms. The average molecular weight is 444 g/mol. The lowest BCUT2D eigenvalue weighted by Gasteiger charge is -2.46. The highest BCUT2D eigenvalue weighted by molar-refractivity contribution is 5.87. The van der Waals surface area contributed by atoms with Gasteiger partial charge in [-0.05, 0) is 45.6 Å². The summed E-state index contributed by atoms with van der Waals surface area (Å²) in [5.41, 5.74) is -0.615. The van der Waals surface area contributed by atoms with Crippen molar-refractivity contribution in [2.45, 2.75) is 52.2 Å². The molecule has 3 aliphatic rings. The topological polar surface area (TPSA) is 88.2 Å². The van der Waals surface area contributed by atoms with Crippen molar-refractivity contribution in [2.75, 3.05) is 32.7 Å². The number of nitrogens with one attached hydrogen (secondary N) is 1. The van der Waals surface area contributed by atoms with Crippen LogP contribution in [0.15, 0.2) is 30.3 Å². The summed E-state index contributed by atoms with van der Waals surface area (Å²) in [5, 5.41) is 2.98. The van der Waals surface area contributed by atoms with Gasteiger partial charge in [0.2, 0.25) is 5.91 Å². The Morgan fingerprint density at radius 2 is 1.69 bits per heavy atom. The number of carbonyl (C=O) groups is 3. The van der Waals surface area contributed by atoms with E-state index in [1.54, 1.807) is 9.80 Å². The third kappa shape index (κ3) is 4.14. The first-order chi connectivity index (χ1) is 15.1. The molecule has 8 nitrogen and oxygen atoms in total. The second-order valence-corrected chi connectivity index (χ2v) is 10.2. The van der Waals surface area contributed by atoms with Crippen molar-refractivity contribution in [3.8, 4) is 0 Å². The van der Waals surface area contributed by atoms with Gasteiger partial charge < -0.3 is 24.6 Å². The lowest BCUT2D eigenvalue weighted by Crippen LogP contribution is -2.53. The zero-order chi connectivity index (χ0) is 23.0. The van der Waals surface area contributed by atoms with Crippen LogP contribution in [0.4, 0.5) is 9.59 Å². The van der Waals surface area contributed by atoms with E-state index in [1.165, 1.54) is 0 Å². The van der Waals surface area contributed by atoms with Crippen LogP contribution in [0.1, 0.15) is 45.6 Å². The lowest BCUT2D eigenvalue weighted by atomic mass is 9.60. The van der Waals surface area contributed by atoms with Gasteiger partial charge in [0.25, 0.3) is 0 Å². The molecule has 0 aliphatic carbocycles. The molecule has 4 rings (SSSR count). The first kappa shape index (κ1) is 22.4. The number of rotatable bonds is 2. The minimum Gasteiger partial charge on any atom is -0.445 e. The Kier molecular flexibility index (Phi) is 5.81. The smallest absolute Gasteiger partial charge is 0.410 e. The monoisotopic (exact) mass is 443 g/mol. The van der Waals surface area contributed by atoms with Gasteiger partial charge in [-0.1, -0.05) is 30.3 Å². The number of fused-ring (bicyclic) bond motifs is 1. The number of hydrogen-bond donors (Lipinski definition) is 1. The molecule has 3 amide bonds. The molecule has 1 aromatic carbocycles. The van der Waals surface area contributed by atoms with Gasteiger partial charge in [0.05, 0.1) is 5.41 Å². The Balaban J connectivity index is 1.46. The van der Waals surface area contributed by atoms with E-state index in [0.29, 0.717) is 52.0 Å². The number of nitrogens with zero attached hydrogens (tertiary/aromatic N) is 2. The maximum Gasteiger partial charge on any atom is 0.410 e.